The van der Waals surface area contributed by atoms with Gasteiger partial charge in [-0.15, -0.1) is 0 Å². The Kier molecular flexibility index (Phi) is 3.17. The first-order valence-electron chi connectivity index (χ1n) is 4.10. The van der Waals surface area contributed by atoms with Crippen molar-refractivity contribution in [3.8, 4) is 0 Å². The van der Waals surface area contributed by atoms with Crippen molar-refractivity contribution in [3.63, 3.8) is 0 Å². The zero-order chi connectivity index (χ0) is 10.6. The molecule has 5 nitrogen and oxygen atoms in total. The average Bonchev–Trinajstić information content (AvgIpc) is 2.14. The lowest BCUT2D eigenvalue weighted by atomic mass is 10.3. The highest BCUT2D eigenvalue weighted by Crippen LogP contribution is 2.05. The summed E-state index contributed by atoms with van der Waals surface area (Å²) in [6.07, 6.45) is 2.97. The smallest absolute Gasteiger partial charge is 0.259 e. The Morgan fingerprint density at radius 2 is 2.43 bits per heavy atom. The van der Waals surface area contributed by atoms with Gasteiger partial charge in [-0.1, -0.05) is 0 Å². The molecule has 0 unspecified atom stereocenters. The predicted molar refractivity (Wildman–Crippen MR) is 53.3 cm³/mol. The lowest BCUT2D eigenvalue weighted by Gasteiger charge is -1.99. The summed E-state index contributed by atoms with van der Waals surface area (Å²) in [6.45, 7) is 3.35. The van der Waals surface area contributed by atoms with Crippen molar-refractivity contribution in [2.45, 2.75) is 13.8 Å². The SMILES string of the molecule is C/C(=C\Nc1cc(C)ccn1)[N+](=O)[O-]. The molecule has 1 N–H and O–H groups in total. The van der Waals surface area contributed by atoms with Crippen molar-refractivity contribution in [1.29, 1.82) is 0 Å². The second kappa shape index (κ2) is 4.36. The number of nitrogens with one attached hydrogen (secondary N) is 1. The summed E-state index contributed by atoms with van der Waals surface area (Å²) >= 11 is 0. The summed E-state index contributed by atoms with van der Waals surface area (Å²) < 4.78 is 0. The van der Waals surface area contributed by atoms with E-state index in [0.29, 0.717) is 5.82 Å². The van der Waals surface area contributed by atoms with E-state index in [-0.39, 0.29) is 5.70 Å². The first-order valence-corrected chi connectivity index (χ1v) is 4.10. The van der Waals surface area contributed by atoms with Gasteiger partial charge in [0.2, 0.25) is 0 Å². The largest absolute Gasteiger partial charge is 0.341 e. The van der Waals surface area contributed by atoms with Crippen LogP contribution in [0.3, 0.4) is 0 Å². The molecule has 74 valence electrons. The predicted octanol–water partition coefficient (Wildman–Crippen LogP) is 1.94. The van der Waals surface area contributed by atoms with Gasteiger partial charge in [0.1, 0.15) is 5.82 Å². The zero-order valence-corrected chi connectivity index (χ0v) is 8.02. The molecule has 5 heteroatoms. The van der Waals surface area contributed by atoms with Gasteiger partial charge in [0, 0.05) is 13.1 Å². The maximum atomic E-state index is 10.3. The van der Waals surface area contributed by atoms with Gasteiger partial charge in [0.05, 0.1) is 11.1 Å². The number of rotatable bonds is 3. The molecule has 0 aliphatic rings. The van der Waals surface area contributed by atoms with E-state index in [0.717, 1.165) is 5.56 Å². The molecule has 0 fully saturated rings. The second-order valence-electron chi connectivity index (χ2n) is 2.91. The van der Waals surface area contributed by atoms with Crippen LogP contribution < -0.4 is 5.32 Å². The van der Waals surface area contributed by atoms with Crippen molar-refractivity contribution in [3.05, 3.63) is 45.9 Å². The van der Waals surface area contributed by atoms with Crippen LogP contribution in [0.4, 0.5) is 5.82 Å². The fourth-order valence-corrected chi connectivity index (χ4v) is 0.846. The maximum absolute atomic E-state index is 10.3. The molecule has 0 atom stereocenters. The third kappa shape index (κ3) is 2.85. The van der Waals surface area contributed by atoms with E-state index in [1.54, 1.807) is 6.20 Å². The first-order chi connectivity index (χ1) is 6.59. The van der Waals surface area contributed by atoms with E-state index in [4.69, 9.17) is 0 Å². The summed E-state index contributed by atoms with van der Waals surface area (Å²) in [5.41, 5.74) is 1.10. The zero-order valence-electron chi connectivity index (χ0n) is 8.02. The monoisotopic (exact) mass is 193 g/mol. The number of hydrogen-bond acceptors (Lipinski definition) is 4. The average molecular weight is 193 g/mol. The molecule has 0 saturated heterocycles. The Bertz CT molecular complexity index is 374. The number of pyridine rings is 1. The molecule has 0 aliphatic heterocycles. The van der Waals surface area contributed by atoms with E-state index in [2.05, 4.69) is 10.3 Å². The van der Waals surface area contributed by atoms with E-state index >= 15 is 0 Å². The van der Waals surface area contributed by atoms with Crippen LogP contribution in [0.2, 0.25) is 0 Å². The molecule has 1 aromatic heterocycles. The van der Waals surface area contributed by atoms with E-state index in [1.807, 2.05) is 19.1 Å². The molecule has 0 aliphatic carbocycles. The number of allylic oxidation sites excluding steroid dienone is 1. The van der Waals surface area contributed by atoms with Gasteiger partial charge < -0.3 is 5.32 Å². The minimum atomic E-state index is -0.456. The molecule has 0 saturated carbocycles. The van der Waals surface area contributed by atoms with Crippen LogP contribution in [-0.2, 0) is 0 Å². The molecule has 1 heterocycles. The van der Waals surface area contributed by atoms with E-state index in [9.17, 15) is 10.1 Å². The van der Waals surface area contributed by atoms with Gasteiger partial charge in [-0.05, 0) is 24.6 Å². The third-order valence-electron chi connectivity index (χ3n) is 1.63. The Labute approximate surface area is 81.6 Å². The number of aryl methyl sites for hydroxylation is 1. The Morgan fingerprint density at radius 1 is 1.71 bits per heavy atom. The molecular formula is C9H11N3O2. The minimum Gasteiger partial charge on any atom is -0.341 e. The van der Waals surface area contributed by atoms with Crippen LogP contribution in [0.1, 0.15) is 12.5 Å². The number of aromatic nitrogens is 1. The summed E-state index contributed by atoms with van der Waals surface area (Å²) in [7, 11) is 0. The molecule has 14 heavy (non-hydrogen) atoms. The topological polar surface area (TPSA) is 68.1 Å². The van der Waals surface area contributed by atoms with Crippen molar-refractivity contribution in [1.82, 2.24) is 4.98 Å². The van der Waals surface area contributed by atoms with Crippen LogP contribution in [0.15, 0.2) is 30.2 Å². The highest BCUT2D eigenvalue weighted by atomic mass is 16.6. The Morgan fingerprint density at radius 3 is 3.00 bits per heavy atom. The fourth-order valence-electron chi connectivity index (χ4n) is 0.846. The molecule has 0 aromatic carbocycles. The van der Waals surface area contributed by atoms with Crippen molar-refractivity contribution >= 4 is 5.82 Å². The molecular weight excluding hydrogens is 182 g/mol. The van der Waals surface area contributed by atoms with Crippen LogP contribution in [-0.4, -0.2) is 9.91 Å². The molecule has 1 rings (SSSR count). The summed E-state index contributed by atoms with van der Waals surface area (Å²) in [4.78, 5) is 13.8. The van der Waals surface area contributed by atoms with Crippen LogP contribution in [0.5, 0.6) is 0 Å². The molecule has 0 spiro atoms. The molecule has 1 aromatic rings. The normalized spacial score (nSPS) is 11.1. The maximum Gasteiger partial charge on any atom is 0.259 e. The minimum absolute atomic E-state index is 0.0494. The number of nitrogens with zero attached hydrogens (tertiary/aromatic N) is 2. The summed E-state index contributed by atoms with van der Waals surface area (Å²) in [6, 6.07) is 3.67. The lowest BCUT2D eigenvalue weighted by Crippen LogP contribution is -1.99. The van der Waals surface area contributed by atoms with Crippen molar-refractivity contribution < 1.29 is 4.92 Å². The van der Waals surface area contributed by atoms with Gasteiger partial charge in [0.25, 0.3) is 5.70 Å². The van der Waals surface area contributed by atoms with Gasteiger partial charge in [-0.25, -0.2) is 4.98 Å². The second-order valence-corrected chi connectivity index (χ2v) is 2.91. The molecule has 0 amide bonds. The quantitative estimate of drug-likeness (QED) is 0.588. The number of nitro groups is 1. The number of hydrogen-bond donors (Lipinski definition) is 1. The fraction of sp³-hybridized carbons (Fsp3) is 0.222. The van der Waals surface area contributed by atoms with Gasteiger partial charge >= 0.3 is 0 Å². The van der Waals surface area contributed by atoms with E-state index in [1.165, 1.54) is 13.1 Å². The van der Waals surface area contributed by atoms with Crippen LogP contribution >= 0.6 is 0 Å². The third-order valence-corrected chi connectivity index (χ3v) is 1.63. The summed E-state index contributed by atoms with van der Waals surface area (Å²) in [5, 5.41) is 13.0. The standard InChI is InChI=1S/C9H11N3O2/c1-7-3-4-10-9(5-7)11-6-8(2)12(13)14/h3-6H,1-2H3,(H,10,11)/b8-6+. The van der Waals surface area contributed by atoms with E-state index < -0.39 is 4.92 Å². The van der Waals surface area contributed by atoms with Crippen molar-refractivity contribution in [2.24, 2.45) is 0 Å². The molecule has 0 radical (unpaired) electrons. The van der Waals surface area contributed by atoms with Gasteiger partial charge in [0.15, 0.2) is 0 Å². The van der Waals surface area contributed by atoms with Crippen molar-refractivity contribution in [2.75, 3.05) is 5.32 Å². The van der Waals surface area contributed by atoms with Gasteiger partial charge in [-0.2, -0.15) is 0 Å². The summed E-state index contributed by atoms with van der Waals surface area (Å²) in [5.74, 6) is 0.603. The van der Waals surface area contributed by atoms with Gasteiger partial charge in [-0.3, -0.25) is 10.1 Å². The van der Waals surface area contributed by atoms with Crippen LogP contribution in [0, 0.1) is 17.0 Å². The highest BCUT2D eigenvalue weighted by Gasteiger charge is 2.00. The highest BCUT2D eigenvalue weighted by molar-refractivity contribution is 5.39. The molecule has 0 bridgehead atoms. The Balaban J connectivity index is 2.71. The first kappa shape index (κ1) is 10.2. The van der Waals surface area contributed by atoms with Crippen LogP contribution in [0.25, 0.3) is 0 Å². The number of anilines is 1. The lowest BCUT2D eigenvalue weighted by molar-refractivity contribution is -0.424. The Hall–Kier alpha value is -1.91.